The van der Waals surface area contributed by atoms with E-state index in [0.717, 1.165) is 0 Å². The molecule has 0 unspecified atom stereocenters. The second-order valence-electron chi connectivity index (χ2n) is 2.81. The summed E-state index contributed by atoms with van der Waals surface area (Å²) in [5.41, 5.74) is 1.32. The minimum Gasteiger partial charge on any atom is -0.0776 e. The minimum atomic E-state index is 0. The van der Waals surface area contributed by atoms with Gasteiger partial charge in [-0.15, -0.1) is 0 Å². The van der Waals surface area contributed by atoms with Crippen LogP contribution in [0.5, 0.6) is 0 Å². The summed E-state index contributed by atoms with van der Waals surface area (Å²) in [6.07, 6.45) is 0. The second kappa shape index (κ2) is 16.9. The molecule has 2 aromatic carbocycles. The van der Waals surface area contributed by atoms with Gasteiger partial charge in [-0.05, 0) is 6.92 Å². The first kappa shape index (κ1) is 20.8. The maximum Gasteiger partial charge on any atom is 0 e. The van der Waals surface area contributed by atoms with Crippen LogP contribution in [-0.4, -0.2) is 0 Å². The molecule has 17 heavy (non-hydrogen) atoms. The van der Waals surface area contributed by atoms with Crippen molar-refractivity contribution in [3.8, 4) is 0 Å². The molecule has 0 atom stereocenters. The van der Waals surface area contributed by atoms with Crippen molar-refractivity contribution in [1.29, 1.82) is 0 Å². The number of aryl methyl sites for hydroxylation is 1. The van der Waals surface area contributed by atoms with E-state index in [1.165, 1.54) is 5.56 Å². The largest absolute Gasteiger partial charge is 0.0776 e. The first-order valence-corrected chi connectivity index (χ1v) is 5.41. The van der Waals surface area contributed by atoms with Crippen molar-refractivity contribution >= 4 is 0 Å². The highest BCUT2D eigenvalue weighted by Gasteiger charge is 1.72. The van der Waals surface area contributed by atoms with Crippen LogP contribution in [0.4, 0.5) is 0 Å². The maximum atomic E-state index is 2.08. The van der Waals surface area contributed by atoms with Crippen LogP contribution in [0.3, 0.4) is 0 Å². The number of hydrogen-bond acceptors (Lipinski definition) is 0. The molecule has 100 valence electrons. The van der Waals surface area contributed by atoms with Gasteiger partial charge < -0.3 is 0 Å². The van der Waals surface area contributed by atoms with Crippen molar-refractivity contribution in [3.05, 3.63) is 72.3 Å². The first-order valence-electron chi connectivity index (χ1n) is 5.41. The maximum absolute atomic E-state index is 2.08. The zero-order valence-electron chi connectivity index (χ0n) is 9.85. The molecule has 0 aliphatic heterocycles. The Balaban J connectivity index is -0.0000000515. The van der Waals surface area contributed by atoms with Gasteiger partial charge in [0.05, 0.1) is 0 Å². The Morgan fingerprint density at radius 3 is 1.00 bits per heavy atom. The molecule has 2 rings (SSSR count). The molecule has 0 fully saturated rings. The van der Waals surface area contributed by atoms with Crippen LogP contribution in [-0.2, 0) is 0 Å². The van der Waals surface area contributed by atoms with E-state index < -0.39 is 0 Å². The van der Waals surface area contributed by atoms with Crippen LogP contribution < -0.4 is 0 Å². The fraction of sp³-hybridized carbons (Fsp3) is 0.294. The zero-order chi connectivity index (χ0) is 11.4. The lowest BCUT2D eigenvalue weighted by Gasteiger charge is -1.82. The molecule has 0 N–H and O–H groups in total. The van der Waals surface area contributed by atoms with Gasteiger partial charge in [0, 0.05) is 2.85 Å². The van der Waals surface area contributed by atoms with E-state index in [-0.39, 0.29) is 17.7 Å². The average Bonchev–Trinajstić information content (AvgIpc) is 2.36. The van der Waals surface area contributed by atoms with Gasteiger partial charge in [0.2, 0.25) is 0 Å². The Morgan fingerprint density at radius 2 is 0.824 bits per heavy atom. The van der Waals surface area contributed by atoms with Crippen molar-refractivity contribution in [2.24, 2.45) is 0 Å². The van der Waals surface area contributed by atoms with Crippen LogP contribution >= 0.6 is 0 Å². The number of hydrogen-bond donors (Lipinski definition) is 0. The SMILES string of the molecule is C.C.CC.Cc1ccccc1.[2HH].[2HH].c1ccccc1. The summed E-state index contributed by atoms with van der Waals surface area (Å²) in [6.45, 7) is 6.08. The van der Waals surface area contributed by atoms with Crippen LogP contribution in [0.25, 0.3) is 0 Å². The Labute approximate surface area is 111 Å². The first-order chi connectivity index (χ1) is 7.39. The molecule has 0 heterocycles. The summed E-state index contributed by atoms with van der Waals surface area (Å²) in [7, 11) is 0. The van der Waals surface area contributed by atoms with Gasteiger partial charge in [-0.1, -0.05) is 101 Å². The van der Waals surface area contributed by atoms with E-state index in [1.54, 1.807) is 0 Å². The zero-order valence-corrected chi connectivity index (χ0v) is 9.85. The molecule has 0 nitrogen and oxygen atoms in total. The highest BCUT2D eigenvalue weighted by Crippen LogP contribution is 1.92. The van der Waals surface area contributed by atoms with Crippen LogP contribution in [0.1, 0.15) is 37.1 Å². The van der Waals surface area contributed by atoms with E-state index in [2.05, 4.69) is 19.1 Å². The molecule has 0 aliphatic rings. The van der Waals surface area contributed by atoms with E-state index in [9.17, 15) is 0 Å². The van der Waals surface area contributed by atoms with Gasteiger partial charge in [-0.2, -0.15) is 0 Å². The summed E-state index contributed by atoms with van der Waals surface area (Å²) in [5.74, 6) is 0. The van der Waals surface area contributed by atoms with E-state index in [4.69, 9.17) is 0 Å². The lowest BCUT2D eigenvalue weighted by atomic mass is 10.2. The summed E-state index contributed by atoms with van der Waals surface area (Å²) < 4.78 is 0. The molecule has 0 spiro atoms. The molecular weight excluding hydrogens is 204 g/mol. The lowest BCUT2D eigenvalue weighted by molar-refractivity contribution is 1.48. The molecule has 0 bridgehead atoms. The van der Waals surface area contributed by atoms with Gasteiger partial charge in [0.15, 0.2) is 0 Å². The van der Waals surface area contributed by atoms with Crippen molar-refractivity contribution < 1.29 is 2.85 Å². The number of benzene rings is 2. The van der Waals surface area contributed by atoms with Crippen LogP contribution in [0, 0.1) is 6.92 Å². The van der Waals surface area contributed by atoms with E-state index in [1.807, 2.05) is 68.4 Å². The predicted octanol–water partition coefficient (Wildman–Crippen LogP) is 6.47. The van der Waals surface area contributed by atoms with Crippen molar-refractivity contribution in [2.45, 2.75) is 35.6 Å². The molecule has 2 aromatic rings. The molecule has 0 aliphatic carbocycles. The minimum absolute atomic E-state index is 0. The monoisotopic (exact) mass is 238 g/mol. The highest BCUT2D eigenvalue weighted by atomic mass is 13.8. The summed E-state index contributed by atoms with van der Waals surface area (Å²) in [6, 6.07) is 22.3. The van der Waals surface area contributed by atoms with Crippen molar-refractivity contribution in [2.75, 3.05) is 0 Å². The quantitative estimate of drug-likeness (QED) is 0.493. The summed E-state index contributed by atoms with van der Waals surface area (Å²) >= 11 is 0. The molecule has 0 aromatic heterocycles. The summed E-state index contributed by atoms with van der Waals surface area (Å²) in [5, 5.41) is 0. The fourth-order valence-electron chi connectivity index (χ4n) is 0.919. The van der Waals surface area contributed by atoms with Crippen molar-refractivity contribution in [3.63, 3.8) is 0 Å². The molecule has 0 saturated carbocycles. The topological polar surface area (TPSA) is 0 Å². The second-order valence-corrected chi connectivity index (χ2v) is 2.81. The van der Waals surface area contributed by atoms with Gasteiger partial charge in [0.1, 0.15) is 0 Å². The van der Waals surface area contributed by atoms with E-state index in [0.29, 0.717) is 0 Å². The third-order valence-corrected chi connectivity index (χ3v) is 1.61. The molecule has 0 amide bonds. The summed E-state index contributed by atoms with van der Waals surface area (Å²) in [4.78, 5) is 0. The average molecular weight is 238 g/mol. The molecular formula is C17H32. The Bertz CT molecular complexity index is 280. The van der Waals surface area contributed by atoms with Crippen LogP contribution in [0.2, 0.25) is 0 Å². The van der Waals surface area contributed by atoms with Crippen LogP contribution in [0.15, 0.2) is 66.7 Å². The predicted molar refractivity (Wildman–Crippen MR) is 86.7 cm³/mol. The third kappa shape index (κ3) is 14.4. The molecule has 0 heteroatoms. The van der Waals surface area contributed by atoms with Gasteiger partial charge in [0.25, 0.3) is 0 Å². The molecule has 0 saturated heterocycles. The molecule has 0 radical (unpaired) electrons. The van der Waals surface area contributed by atoms with Gasteiger partial charge >= 0.3 is 0 Å². The third-order valence-electron chi connectivity index (χ3n) is 1.61. The Hall–Kier alpha value is -1.56. The van der Waals surface area contributed by atoms with Gasteiger partial charge in [-0.3, -0.25) is 0 Å². The normalized spacial score (nSPS) is 6.76. The fourth-order valence-corrected chi connectivity index (χ4v) is 0.919. The van der Waals surface area contributed by atoms with E-state index >= 15 is 0 Å². The lowest BCUT2D eigenvalue weighted by Crippen LogP contribution is -1.62. The standard InChI is InChI=1S/C7H8.C6H6.C2H6.2CH4.2H2/c1-7-5-3-2-4-6-7;1-2-4-6-5-3-1;1-2;;;;/h2-6H,1H3;1-6H;1-2H3;2*1H4;2*1H/i;;;;;2*1+1. The Morgan fingerprint density at radius 1 is 0.588 bits per heavy atom. The van der Waals surface area contributed by atoms with Crippen molar-refractivity contribution in [1.82, 2.24) is 0 Å². The highest BCUT2D eigenvalue weighted by molar-refractivity contribution is 5.11. The smallest absolute Gasteiger partial charge is 0 e. The Kier molecular flexibility index (Phi) is 20.6. The van der Waals surface area contributed by atoms with Gasteiger partial charge in [-0.25, -0.2) is 0 Å². The number of rotatable bonds is 0.